The fraction of sp³-hybridized carbons (Fsp3) is 0.0667. The van der Waals surface area contributed by atoms with Crippen LogP contribution in [0.4, 0.5) is 0 Å². The first-order valence-corrected chi connectivity index (χ1v) is 12.8. The molecular weight excluding hydrogens is 464 g/mol. The molecule has 6 rings (SSSR count). The Kier molecular flexibility index (Phi) is 6.01. The van der Waals surface area contributed by atoms with Crippen molar-refractivity contribution >= 4 is 39.5 Å². The first-order valence-electron chi connectivity index (χ1n) is 11.8. The van der Waals surface area contributed by atoms with Gasteiger partial charge in [-0.15, -0.1) is 10.2 Å². The molecule has 0 amide bonds. The summed E-state index contributed by atoms with van der Waals surface area (Å²) in [7, 11) is 0. The average Bonchev–Trinajstić information content (AvgIpc) is 3.28. The lowest BCUT2D eigenvalue weighted by Gasteiger charge is -2.10. The molecule has 0 N–H and O–H groups in total. The van der Waals surface area contributed by atoms with Crippen LogP contribution in [0.15, 0.2) is 114 Å². The highest BCUT2D eigenvalue weighted by molar-refractivity contribution is 7.99. The average molecular weight is 487 g/mol. The van der Waals surface area contributed by atoms with Crippen molar-refractivity contribution in [3.63, 3.8) is 0 Å². The molecule has 2 heterocycles. The molecule has 0 saturated heterocycles. The normalized spacial score (nSPS) is 11.2. The number of benzene rings is 4. The third-order valence-corrected chi connectivity index (χ3v) is 6.98. The Bertz CT molecular complexity index is 1630. The summed E-state index contributed by atoms with van der Waals surface area (Å²) in [4.78, 5) is 18.2. The third-order valence-electron chi connectivity index (χ3n) is 6.14. The van der Waals surface area contributed by atoms with E-state index in [2.05, 4.69) is 22.3 Å². The summed E-state index contributed by atoms with van der Waals surface area (Å²) in [5, 5.41) is 11.7. The van der Waals surface area contributed by atoms with Crippen molar-refractivity contribution in [3.8, 4) is 22.5 Å². The molecule has 6 aromatic rings. The maximum Gasteiger partial charge on any atom is 0.232 e. The number of rotatable bonds is 6. The summed E-state index contributed by atoms with van der Waals surface area (Å²) in [6.45, 7) is 0. The van der Waals surface area contributed by atoms with E-state index in [1.54, 1.807) is 0 Å². The van der Waals surface area contributed by atoms with Gasteiger partial charge in [0, 0.05) is 34.1 Å². The summed E-state index contributed by atoms with van der Waals surface area (Å²) in [6, 6.07) is 36.1. The molecule has 0 spiro atoms. The molecule has 0 radical (unpaired) electrons. The predicted octanol–water partition coefficient (Wildman–Crippen LogP) is 7.14. The molecule has 0 aliphatic rings. The van der Waals surface area contributed by atoms with E-state index in [0.717, 1.165) is 44.3 Å². The van der Waals surface area contributed by atoms with Gasteiger partial charge in [0.15, 0.2) is 0 Å². The molecule has 0 saturated carbocycles. The quantitative estimate of drug-likeness (QED) is 0.234. The summed E-state index contributed by atoms with van der Waals surface area (Å²) in [5.41, 5.74) is 5.35. The zero-order valence-electron chi connectivity index (χ0n) is 19.4. The molecule has 0 aliphatic heterocycles. The number of hydrogen-bond donors (Lipinski definition) is 0. The molecule has 0 fully saturated rings. The van der Waals surface area contributed by atoms with Gasteiger partial charge in [0.2, 0.25) is 11.1 Å². The number of nitrogens with zero attached hydrogens (tertiary/aromatic N) is 4. The smallest absolute Gasteiger partial charge is 0.232 e. The van der Waals surface area contributed by atoms with Gasteiger partial charge in [0.1, 0.15) is 11.4 Å². The Balaban J connectivity index is 1.26. The van der Waals surface area contributed by atoms with E-state index in [9.17, 15) is 4.79 Å². The number of para-hydroxylation sites is 2. The van der Waals surface area contributed by atoms with Gasteiger partial charge in [0.25, 0.3) is 0 Å². The SMILES string of the molecule is O=C(CCSc1nnc(-c2ccccc2)c(-c2ccccc2)n1)n1c2ccccc2c2ccccc21. The summed E-state index contributed by atoms with van der Waals surface area (Å²) in [5.74, 6) is 0.609. The molecule has 5 nitrogen and oxygen atoms in total. The maximum absolute atomic E-state index is 13.3. The molecular formula is C30H22N4OS. The van der Waals surface area contributed by atoms with E-state index in [4.69, 9.17) is 4.98 Å². The highest BCUT2D eigenvalue weighted by Gasteiger charge is 2.17. The van der Waals surface area contributed by atoms with Crippen LogP contribution in [-0.4, -0.2) is 31.4 Å². The van der Waals surface area contributed by atoms with Crippen molar-refractivity contribution in [3.05, 3.63) is 109 Å². The lowest BCUT2D eigenvalue weighted by Crippen LogP contribution is -2.11. The van der Waals surface area contributed by atoms with Crippen molar-refractivity contribution in [2.45, 2.75) is 11.6 Å². The third kappa shape index (κ3) is 4.16. The first kappa shape index (κ1) is 22.2. The molecule has 0 bridgehead atoms. The van der Waals surface area contributed by atoms with E-state index >= 15 is 0 Å². The molecule has 36 heavy (non-hydrogen) atoms. The molecule has 0 unspecified atom stereocenters. The molecule has 0 atom stereocenters. The minimum absolute atomic E-state index is 0.0528. The Hall–Kier alpha value is -4.29. The van der Waals surface area contributed by atoms with Gasteiger partial charge < -0.3 is 0 Å². The van der Waals surface area contributed by atoms with Crippen molar-refractivity contribution in [2.24, 2.45) is 0 Å². The van der Waals surface area contributed by atoms with E-state index in [1.165, 1.54) is 11.8 Å². The Morgan fingerprint density at radius 2 is 1.17 bits per heavy atom. The number of hydrogen-bond acceptors (Lipinski definition) is 5. The summed E-state index contributed by atoms with van der Waals surface area (Å²) in [6.07, 6.45) is 0.359. The van der Waals surface area contributed by atoms with Gasteiger partial charge in [0.05, 0.1) is 11.0 Å². The molecule has 174 valence electrons. The Morgan fingerprint density at radius 1 is 0.639 bits per heavy atom. The second-order valence-corrected chi connectivity index (χ2v) is 9.45. The molecule has 0 aliphatic carbocycles. The summed E-state index contributed by atoms with van der Waals surface area (Å²) >= 11 is 1.45. The van der Waals surface area contributed by atoms with E-state index in [-0.39, 0.29) is 5.91 Å². The highest BCUT2D eigenvalue weighted by Crippen LogP contribution is 2.31. The fourth-order valence-electron chi connectivity index (χ4n) is 4.49. The number of aromatic nitrogens is 4. The molecule has 2 aromatic heterocycles. The monoisotopic (exact) mass is 486 g/mol. The van der Waals surface area contributed by atoms with Gasteiger partial charge in [-0.25, -0.2) is 4.98 Å². The van der Waals surface area contributed by atoms with Crippen LogP contribution in [0.3, 0.4) is 0 Å². The zero-order chi connectivity index (χ0) is 24.3. The van der Waals surface area contributed by atoms with Gasteiger partial charge in [-0.2, -0.15) is 0 Å². The minimum atomic E-state index is 0.0528. The van der Waals surface area contributed by atoms with Crippen LogP contribution in [0.1, 0.15) is 11.2 Å². The van der Waals surface area contributed by atoms with Crippen molar-refractivity contribution in [2.75, 3.05) is 5.75 Å². The highest BCUT2D eigenvalue weighted by atomic mass is 32.2. The van der Waals surface area contributed by atoms with Gasteiger partial charge in [-0.3, -0.25) is 9.36 Å². The van der Waals surface area contributed by atoms with E-state index in [0.29, 0.717) is 17.3 Å². The maximum atomic E-state index is 13.3. The summed E-state index contributed by atoms with van der Waals surface area (Å²) < 4.78 is 1.83. The van der Waals surface area contributed by atoms with Crippen LogP contribution >= 0.6 is 11.8 Å². The largest absolute Gasteiger partial charge is 0.280 e. The van der Waals surface area contributed by atoms with E-state index < -0.39 is 0 Å². The van der Waals surface area contributed by atoms with Crippen molar-refractivity contribution < 1.29 is 4.79 Å². The minimum Gasteiger partial charge on any atom is -0.280 e. The lowest BCUT2D eigenvalue weighted by atomic mass is 10.0. The van der Waals surface area contributed by atoms with Gasteiger partial charge >= 0.3 is 0 Å². The number of carbonyl (C=O) groups excluding carboxylic acids is 1. The van der Waals surface area contributed by atoms with Crippen LogP contribution in [-0.2, 0) is 0 Å². The standard InChI is InChI=1S/C30H22N4OS/c35-27(34-25-17-9-7-15-23(25)24-16-8-10-18-26(24)34)19-20-36-30-31-28(21-11-3-1-4-12-21)29(32-33-30)22-13-5-2-6-14-22/h1-18H,19-20H2. The second kappa shape index (κ2) is 9.76. The van der Waals surface area contributed by atoms with Gasteiger partial charge in [-0.05, 0) is 12.1 Å². The van der Waals surface area contributed by atoms with Gasteiger partial charge in [-0.1, -0.05) is 109 Å². The van der Waals surface area contributed by atoms with Crippen LogP contribution in [0.2, 0.25) is 0 Å². The number of thioether (sulfide) groups is 1. The van der Waals surface area contributed by atoms with Crippen LogP contribution in [0.25, 0.3) is 44.3 Å². The molecule has 4 aromatic carbocycles. The zero-order valence-corrected chi connectivity index (χ0v) is 20.2. The molecule has 6 heteroatoms. The lowest BCUT2D eigenvalue weighted by molar-refractivity contribution is 0.0920. The second-order valence-electron chi connectivity index (χ2n) is 8.39. The topological polar surface area (TPSA) is 60.7 Å². The number of fused-ring (bicyclic) bond motifs is 3. The number of carbonyl (C=O) groups is 1. The van der Waals surface area contributed by atoms with Crippen molar-refractivity contribution in [1.82, 2.24) is 19.7 Å². The Morgan fingerprint density at radius 3 is 1.78 bits per heavy atom. The van der Waals surface area contributed by atoms with Crippen molar-refractivity contribution in [1.29, 1.82) is 0 Å². The predicted molar refractivity (Wildman–Crippen MR) is 146 cm³/mol. The van der Waals surface area contributed by atoms with Crippen LogP contribution in [0, 0.1) is 0 Å². The fourth-order valence-corrected chi connectivity index (χ4v) is 5.21. The van der Waals surface area contributed by atoms with Crippen LogP contribution in [0.5, 0.6) is 0 Å². The van der Waals surface area contributed by atoms with Crippen LogP contribution < -0.4 is 0 Å². The van der Waals surface area contributed by atoms with E-state index in [1.807, 2.05) is 102 Å². The first-order chi connectivity index (χ1) is 17.8. The Labute approximate surface area is 212 Å².